The van der Waals surface area contributed by atoms with Gasteiger partial charge in [-0.25, -0.2) is 4.39 Å². The first kappa shape index (κ1) is 13.4. The monoisotopic (exact) mass is 261 g/mol. The fourth-order valence-corrected chi connectivity index (χ4v) is 1.82. The van der Waals surface area contributed by atoms with Crippen molar-refractivity contribution in [1.82, 2.24) is 0 Å². The number of methoxy groups -OCH3 is 1. The van der Waals surface area contributed by atoms with Crippen molar-refractivity contribution in [2.75, 3.05) is 19.0 Å². The summed E-state index contributed by atoms with van der Waals surface area (Å²) in [5, 5.41) is 12.6. The van der Waals surface area contributed by atoms with Crippen LogP contribution in [-0.2, 0) is 0 Å². The standard InChI is InChI=1S/C15H16FNO2/c1-19-14-8-6-13(7-9-14)17-15(10-18)11-2-4-12(16)5-3-11/h2-9,15,17-18H,10H2,1H3. The van der Waals surface area contributed by atoms with E-state index < -0.39 is 0 Å². The predicted molar refractivity (Wildman–Crippen MR) is 72.8 cm³/mol. The second kappa shape index (κ2) is 6.20. The van der Waals surface area contributed by atoms with Crippen molar-refractivity contribution >= 4 is 5.69 Å². The van der Waals surface area contributed by atoms with Crippen molar-refractivity contribution in [2.24, 2.45) is 0 Å². The summed E-state index contributed by atoms with van der Waals surface area (Å²) in [7, 11) is 1.61. The fraction of sp³-hybridized carbons (Fsp3) is 0.200. The summed E-state index contributed by atoms with van der Waals surface area (Å²) in [6.45, 7) is -0.0718. The van der Waals surface area contributed by atoms with Gasteiger partial charge in [0, 0.05) is 5.69 Å². The van der Waals surface area contributed by atoms with Crippen LogP contribution in [0.2, 0.25) is 0 Å². The molecule has 0 radical (unpaired) electrons. The minimum Gasteiger partial charge on any atom is -0.497 e. The molecular formula is C15H16FNO2. The Balaban J connectivity index is 2.11. The number of aliphatic hydroxyl groups is 1. The molecule has 0 aliphatic rings. The molecule has 0 heterocycles. The molecular weight excluding hydrogens is 245 g/mol. The third kappa shape index (κ3) is 3.45. The highest BCUT2D eigenvalue weighted by Crippen LogP contribution is 2.21. The van der Waals surface area contributed by atoms with Gasteiger partial charge in [-0.2, -0.15) is 0 Å². The Hall–Kier alpha value is -2.07. The van der Waals surface area contributed by atoms with Gasteiger partial charge in [0.1, 0.15) is 11.6 Å². The lowest BCUT2D eigenvalue weighted by atomic mass is 10.1. The van der Waals surface area contributed by atoms with Crippen LogP contribution in [0.4, 0.5) is 10.1 Å². The van der Waals surface area contributed by atoms with Gasteiger partial charge >= 0.3 is 0 Å². The smallest absolute Gasteiger partial charge is 0.123 e. The summed E-state index contributed by atoms with van der Waals surface area (Å²) in [6, 6.07) is 13.2. The Kier molecular flexibility index (Phi) is 4.36. The summed E-state index contributed by atoms with van der Waals surface area (Å²) in [5.41, 5.74) is 1.70. The van der Waals surface area contributed by atoms with E-state index in [1.165, 1.54) is 12.1 Å². The van der Waals surface area contributed by atoms with Crippen LogP contribution in [0.25, 0.3) is 0 Å². The molecule has 19 heavy (non-hydrogen) atoms. The van der Waals surface area contributed by atoms with E-state index >= 15 is 0 Å². The van der Waals surface area contributed by atoms with E-state index in [4.69, 9.17) is 4.74 Å². The number of hydrogen-bond acceptors (Lipinski definition) is 3. The van der Waals surface area contributed by atoms with Gasteiger partial charge in [0.05, 0.1) is 19.8 Å². The summed E-state index contributed by atoms with van der Waals surface area (Å²) in [6.07, 6.45) is 0. The SMILES string of the molecule is COc1ccc(NC(CO)c2ccc(F)cc2)cc1. The lowest BCUT2D eigenvalue weighted by molar-refractivity contribution is 0.276. The highest BCUT2D eigenvalue weighted by molar-refractivity contribution is 5.48. The molecule has 4 heteroatoms. The molecule has 0 aliphatic carbocycles. The number of anilines is 1. The number of ether oxygens (including phenoxy) is 1. The second-order valence-electron chi connectivity index (χ2n) is 4.16. The van der Waals surface area contributed by atoms with Crippen LogP contribution in [0.5, 0.6) is 5.75 Å². The van der Waals surface area contributed by atoms with Crippen LogP contribution in [0.1, 0.15) is 11.6 Å². The molecule has 0 spiro atoms. The Labute approximate surface area is 111 Å². The third-order valence-electron chi connectivity index (χ3n) is 2.89. The molecule has 0 bridgehead atoms. The Morgan fingerprint density at radius 3 is 2.26 bits per heavy atom. The lowest BCUT2D eigenvalue weighted by Gasteiger charge is -2.18. The van der Waals surface area contributed by atoms with Crippen LogP contribution in [0.3, 0.4) is 0 Å². The van der Waals surface area contributed by atoms with Crippen LogP contribution < -0.4 is 10.1 Å². The van der Waals surface area contributed by atoms with E-state index in [1.807, 2.05) is 24.3 Å². The van der Waals surface area contributed by atoms with Gasteiger partial charge in [-0.05, 0) is 42.0 Å². The first-order chi connectivity index (χ1) is 9.22. The molecule has 0 aliphatic heterocycles. The molecule has 0 fully saturated rings. The Morgan fingerprint density at radius 2 is 1.74 bits per heavy atom. The van der Waals surface area contributed by atoms with E-state index in [2.05, 4.69) is 5.32 Å². The Bertz CT molecular complexity index is 511. The number of rotatable bonds is 5. The van der Waals surface area contributed by atoms with Crippen molar-refractivity contribution in [1.29, 1.82) is 0 Å². The fourth-order valence-electron chi connectivity index (χ4n) is 1.82. The van der Waals surface area contributed by atoms with Gasteiger partial charge < -0.3 is 15.2 Å². The van der Waals surface area contributed by atoms with Crippen molar-refractivity contribution < 1.29 is 14.2 Å². The molecule has 0 aromatic heterocycles. The van der Waals surface area contributed by atoms with Gasteiger partial charge in [0.25, 0.3) is 0 Å². The van der Waals surface area contributed by atoms with Crippen molar-refractivity contribution in [2.45, 2.75) is 6.04 Å². The molecule has 2 aromatic carbocycles. The average Bonchev–Trinajstić information content (AvgIpc) is 2.46. The second-order valence-corrected chi connectivity index (χ2v) is 4.16. The summed E-state index contributed by atoms with van der Waals surface area (Å²) < 4.78 is 17.9. The molecule has 2 N–H and O–H groups in total. The van der Waals surface area contributed by atoms with Crippen molar-refractivity contribution in [3.63, 3.8) is 0 Å². The van der Waals surface area contributed by atoms with E-state index in [0.29, 0.717) is 0 Å². The van der Waals surface area contributed by atoms with E-state index in [9.17, 15) is 9.50 Å². The first-order valence-electron chi connectivity index (χ1n) is 6.00. The molecule has 3 nitrogen and oxygen atoms in total. The van der Waals surface area contributed by atoms with Crippen LogP contribution >= 0.6 is 0 Å². The molecule has 0 saturated carbocycles. The number of halogens is 1. The highest BCUT2D eigenvalue weighted by atomic mass is 19.1. The highest BCUT2D eigenvalue weighted by Gasteiger charge is 2.10. The maximum absolute atomic E-state index is 12.9. The maximum atomic E-state index is 12.9. The van der Waals surface area contributed by atoms with Crippen molar-refractivity contribution in [3.05, 3.63) is 59.9 Å². The minimum absolute atomic E-state index is 0.0718. The molecule has 1 unspecified atom stereocenters. The molecule has 0 saturated heterocycles. The lowest BCUT2D eigenvalue weighted by Crippen LogP contribution is -2.14. The minimum atomic E-state index is -0.287. The number of benzene rings is 2. The number of nitrogens with one attached hydrogen (secondary N) is 1. The van der Waals surface area contributed by atoms with Gasteiger partial charge in [0.2, 0.25) is 0 Å². The number of hydrogen-bond donors (Lipinski definition) is 2. The van der Waals surface area contributed by atoms with E-state index in [-0.39, 0.29) is 18.5 Å². The summed E-state index contributed by atoms with van der Waals surface area (Å²) >= 11 is 0. The van der Waals surface area contributed by atoms with Gasteiger partial charge in [-0.3, -0.25) is 0 Å². The molecule has 2 aromatic rings. The zero-order valence-corrected chi connectivity index (χ0v) is 10.6. The molecule has 2 rings (SSSR count). The Morgan fingerprint density at radius 1 is 1.11 bits per heavy atom. The average molecular weight is 261 g/mol. The maximum Gasteiger partial charge on any atom is 0.123 e. The molecule has 100 valence electrons. The zero-order chi connectivity index (χ0) is 13.7. The number of aliphatic hydroxyl groups excluding tert-OH is 1. The van der Waals surface area contributed by atoms with Gasteiger partial charge in [0.15, 0.2) is 0 Å². The van der Waals surface area contributed by atoms with Gasteiger partial charge in [-0.1, -0.05) is 12.1 Å². The van der Waals surface area contributed by atoms with Crippen LogP contribution in [0.15, 0.2) is 48.5 Å². The third-order valence-corrected chi connectivity index (χ3v) is 2.89. The van der Waals surface area contributed by atoms with Crippen LogP contribution in [-0.4, -0.2) is 18.8 Å². The first-order valence-corrected chi connectivity index (χ1v) is 6.00. The van der Waals surface area contributed by atoms with Gasteiger partial charge in [-0.15, -0.1) is 0 Å². The quantitative estimate of drug-likeness (QED) is 0.869. The molecule has 0 amide bonds. The topological polar surface area (TPSA) is 41.5 Å². The summed E-state index contributed by atoms with van der Waals surface area (Å²) in [4.78, 5) is 0. The van der Waals surface area contributed by atoms with E-state index in [1.54, 1.807) is 19.2 Å². The summed E-state index contributed by atoms with van der Waals surface area (Å²) in [5.74, 6) is 0.484. The van der Waals surface area contributed by atoms with Crippen molar-refractivity contribution in [3.8, 4) is 5.75 Å². The molecule has 1 atom stereocenters. The largest absolute Gasteiger partial charge is 0.497 e. The zero-order valence-electron chi connectivity index (χ0n) is 10.6. The van der Waals surface area contributed by atoms with E-state index in [0.717, 1.165) is 17.0 Å². The normalized spacial score (nSPS) is 11.9. The van der Waals surface area contributed by atoms with Crippen LogP contribution in [0, 0.1) is 5.82 Å². The predicted octanol–water partition coefficient (Wildman–Crippen LogP) is 2.98.